The Bertz CT molecular complexity index is 1260. The maximum absolute atomic E-state index is 13.1. The topological polar surface area (TPSA) is 173 Å². The van der Waals surface area contributed by atoms with Crippen LogP contribution in [0.4, 0.5) is 5.82 Å². The van der Waals surface area contributed by atoms with Crippen LogP contribution in [-0.2, 0) is 19.9 Å². The molecule has 0 aliphatic carbocycles. The van der Waals surface area contributed by atoms with Gasteiger partial charge in [-0.25, -0.2) is 4.79 Å². The summed E-state index contributed by atoms with van der Waals surface area (Å²) >= 11 is 3.24. The summed E-state index contributed by atoms with van der Waals surface area (Å²) in [6.45, 7) is -1.11. The fourth-order valence-electron chi connectivity index (χ4n) is 3.82. The molecule has 1 aromatic carbocycles. The third-order valence-electron chi connectivity index (χ3n) is 4.98. The van der Waals surface area contributed by atoms with Crippen LogP contribution in [0, 0.1) is 0 Å². The van der Waals surface area contributed by atoms with Crippen molar-refractivity contribution in [3.8, 4) is 0 Å². The average molecular weight is 477 g/mol. The molecule has 3 heterocycles. The van der Waals surface area contributed by atoms with Gasteiger partial charge in [0.05, 0.1) is 17.7 Å². The number of nitrogens with one attached hydrogen (secondary N) is 3. The summed E-state index contributed by atoms with van der Waals surface area (Å²) in [7, 11) is 0. The number of nitrogens with zero attached hydrogens (tertiary/aromatic N) is 1. The SMILES string of the molecule is O=C1C(=O)N(CCO)C2(C(=O)Nc3[nH]c(=O)[nH]c(=O)c32)/C1=C(\O)c1ccc(Br)cc1. The first kappa shape index (κ1) is 19.8. The lowest BCUT2D eigenvalue weighted by Gasteiger charge is -2.32. The minimum absolute atomic E-state index is 0.113. The van der Waals surface area contributed by atoms with Crippen molar-refractivity contribution < 1.29 is 24.6 Å². The molecular formula is C18H13BrN4O7. The number of hydrogen-bond acceptors (Lipinski definition) is 7. The highest BCUT2D eigenvalue weighted by atomic mass is 79.9. The number of anilines is 1. The number of β-amino-alcohol motifs (C(OH)–C–C–N with tert-alkyl or cyclic N) is 1. The van der Waals surface area contributed by atoms with Gasteiger partial charge in [-0.1, -0.05) is 28.1 Å². The van der Waals surface area contributed by atoms with E-state index >= 15 is 0 Å². The number of rotatable bonds is 3. The van der Waals surface area contributed by atoms with E-state index in [1.165, 1.54) is 12.1 Å². The Balaban J connectivity index is 2.13. The normalized spacial score (nSPS) is 21.9. The standard InChI is InChI=1S/C18H13BrN4O7/c19-8-3-1-7(2-4-8)11(25)9-12(26)15(28)23(5-6-24)18(9)10-13(20-16(18)29)21-17(30)22-14(10)27/h1-4,24-25H,5-6H2,(H3,20,21,22,27,29,30)/b11-9-. The van der Waals surface area contributed by atoms with Crippen LogP contribution in [0.3, 0.4) is 0 Å². The van der Waals surface area contributed by atoms with E-state index in [9.17, 15) is 34.2 Å². The van der Waals surface area contributed by atoms with Crippen LogP contribution < -0.4 is 16.6 Å². The Hall–Kier alpha value is -3.51. The highest BCUT2D eigenvalue weighted by molar-refractivity contribution is 9.10. The molecular weight excluding hydrogens is 464 g/mol. The van der Waals surface area contributed by atoms with Crippen LogP contribution in [0.2, 0.25) is 0 Å². The molecule has 2 aromatic rings. The smallest absolute Gasteiger partial charge is 0.327 e. The van der Waals surface area contributed by atoms with Gasteiger partial charge in [-0.05, 0) is 12.1 Å². The summed E-state index contributed by atoms with van der Waals surface area (Å²) in [5.41, 5.74) is -5.26. The maximum atomic E-state index is 13.1. The van der Waals surface area contributed by atoms with Gasteiger partial charge in [0.2, 0.25) is 0 Å². The second kappa shape index (κ2) is 6.78. The molecule has 1 saturated heterocycles. The molecule has 4 rings (SSSR count). The number of likely N-dealkylation sites (tertiary alicyclic amines) is 1. The van der Waals surface area contributed by atoms with Gasteiger partial charge in [-0.3, -0.25) is 29.1 Å². The summed E-state index contributed by atoms with van der Waals surface area (Å²) in [5, 5.41) is 22.7. The van der Waals surface area contributed by atoms with Gasteiger partial charge in [0.1, 0.15) is 11.6 Å². The number of aromatic amines is 2. The zero-order chi connectivity index (χ0) is 21.8. The van der Waals surface area contributed by atoms with Crippen LogP contribution >= 0.6 is 15.9 Å². The summed E-state index contributed by atoms with van der Waals surface area (Å²) in [4.78, 5) is 68.0. The molecule has 5 N–H and O–H groups in total. The Morgan fingerprint density at radius 3 is 2.37 bits per heavy atom. The minimum atomic E-state index is -2.36. The number of ketones is 1. The molecule has 0 bridgehead atoms. The molecule has 2 aliphatic rings. The molecule has 30 heavy (non-hydrogen) atoms. The first-order chi connectivity index (χ1) is 14.2. The second-order valence-corrected chi connectivity index (χ2v) is 7.48. The third-order valence-corrected chi connectivity index (χ3v) is 5.51. The molecule has 0 saturated carbocycles. The molecule has 1 spiro atoms. The lowest BCUT2D eigenvalue weighted by Crippen LogP contribution is -2.52. The largest absolute Gasteiger partial charge is 0.507 e. The van der Waals surface area contributed by atoms with Crippen LogP contribution in [0.5, 0.6) is 0 Å². The van der Waals surface area contributed by atoms with Gasteiger partial charge >= 0.3 is 5.69 Å². The Morgan fingerprint density at radius 2 is 1.73 bits per heavy atom. The maximum Gasteiger partial charge on any atom is 0.327 e. The summed E-state index contributed by atoms with van der Waals surface area (Å²) in [5.74, 6) is -4.39. The number of aliphatic hydroxyl groups excluding tert-OH is 2. The van der Waals surface area contributed by atoms with Crippen molar-refractivity contribution in [2.24, 2.45) is 0 Å². The number of aliphatic hydroxyl groups is 2. The van der Waals surface area contributed by atoms with E-state index < -0.39 is 64.4 Å². The Kier molecular flexibility index (Phi) is 4.47. The number of benzene rings is 1. The van der Waals surface area contributed by atoms with E-state index in [1.54, 1.807) is 12.1 Å². The van der Waals surface area contributed by atoms with E-state index in [2.05, 4.69) is 26.2 Å². The number of amides is 2. The van der Waals surface area contributed by atoms with Crippen molar-refractivity contribution >= 4 is 45.1 Å². The van der Waals surface area contributed by atoms with Crippen LogP contribution in [0.1, 0.15) is 11.1 Å². The molecule has 1 unspecified atom stereocenters. The predicted octanol–water partition coefficient (Wildman–Crippen LogP) is -0.654. The number of hydrogen-bond donors (Lipinski definition) is 5. The molecule has 1 aromatic heterocycles. The zero-order valence-electron chi connectivity index (χ0n) is 15.0. The second-order valence-electron chi connectivity index (χ2n) is 6.56. The van der Waals surface area contributed by atoms with Crippen molar-refractivity contribution in [2.45, 2.75) is 5.54 Å². The van der Waals surface area contributed by atoms with Gasteiger partial charge in [-0.2, -0.15) is 0 Å². The Morgan fingerprint density at radius 1 is 1.07 bits per heavy atom. The first-order valence-corrected chi connectivity index (χ1v) is 9.38. The number of Topliss-reactive ketones (excluding diaryl/α,β-unsaturated/α-hetero) is 1. The first-order valence-electron chi connectivity index (χ1n) is 8.58. The van der Waals surface area contributed by atoms with E-state index in [-0.39, 0.29) is 11.4 Å². The van der Waals surface area contributed by atoms with Crippen LogP contribution in [0.25, 0.3) is 5.76 Å². The van der Waals surface area contributed by atoms with Gasteiger partial charge in [0, 0.05) is 16.6 Å². The Labute approximate surface area is 175 Å². The third kappa shape index (κ3) is 2.50. The predicted molar refractivity (Wildman–Crippen MR) is 105 cm³/mol. The van der Waals surface area contributed by atoms with Crippen molar-refractivity contribution in [3.63, 3.8) is 0 Å². The molecule has 1 atom stereocenters. The van der Waals surface area contributed by atoms with Gasteiger partial charge in [0.15, 0.2) is 5.54 Å². The number of H-pyrrole nitrogens is 2. The molecule has 0 radical (unpaired) electrons. The van der Waals surface area contributed by atoms with Crippen molar-refractivity contribution in [2.75, 3.05) is 18.5 Å². The highest BCUT2D eigenvalue weighted by Crippen LogP contribution is 2.49. The lowest BCUT2D eigenvalue weighted by molar-refractivity contribution is -0.143. The number of aromatic nitrogens is 2. The average Bonchev–Trinajstić information content (AvgIpc) is 3.09. The number of fused-ring (bicyclic) bond motifs is 2. The van der Waals surface area contributed by atoms with Crippen molar-refractivity contribution in [1.82, 2.24) is 14.9 Å². The molecule has 12 heteroatoms. The fraction of sp³-hybridized carbons (Fsp3) is 0.167. The molecule has 2 aliphatic heterocycles. The van der Waals surface area contributed by atoms with Crippen LogP contribution in [0.15, 0.2) is 43.9 Å². The molecule has 154 valence electrons. The summed E-state index contributed by atoms with van der Waals surface area (Å²) in [6, 6.07) is 6.02. The lowest BCUT2D eigenvalue weighted by atomic mass is 9.83. The summed E-state index contributed by atoms with van der Waals surface area (Å²) in [6.07, 6.45) is 0. The fourth-order valence-corrected chi connectivity index (χ4v) is 4.08. The highest BCUT2D eigenvalue weighted by Gasteiger charge is 2.66. The van der Waals surface area contributed by atoms with Gasteiger partial charge < -0.3 is 20.4 Å². The quantitative estimate of drug-likeness (QED) is 0.222. The van der Waals surface area contributed by atoms with Crippen LogP contribution in [-0.4, -0.2) is 55.8 Å². The number of halogens is 1. The van der Waals surface area contributed by atoms with E-state index in [4.69, 9.17) is 0 Å². The van der Waals surface area contributed by atoms with Crippen molar-refractivity contribution in [1.29, 1.82) is 0 Å². The van der Waals surface area contributed by atoms with Gasteiger partial charge in [0.25, 0.3) is 23.2 Å². The minimum Gasteiger partial charge on any atom is -0.507 e. The van der Waals surface area contributed by atoms with E-state index in [0.29, 0.717) is 9.37 Å². The monoisotopic (exact) mass is 476 g/mol. The van der Waals surface area contributed by atoms with Gasteiger partial charge in [-0.15, -0.1) is 0 Å². The van der Waals surface area contributed by atoms with E-state index in [0.717, 1.165) is 0 Å². The molecule has 2 amide bonds. The molecule has 11 nitrogen and oxygen atoms in total. The zero-order valence-corrected chi connectivity index (χ0v) is 16.6. The number of carbonyl (C=O) groups is 3. The number of carbonyl (C=O) groups excluding carboxylic acids is 3. The summed E-state index contributed by atoms with van der Waals surface area (Å²) < 4.78 is 0.674. The van der Waals surface area contributed by atoms with E-state index in [1.807, 2.05) is 4.98 Å². The van der Waals surface area contributed by atoms with Crippen molar-refractivity contribution in [3.05, 3.63) is 66.3 Å². The molecule has 1 fully saturated rings.